The largest absolute Gasteiger partial charge is 0.303 e. The van der Waals surface area contributed by atoms with E-state index >= 15 is 0 Å². The maximum atomic E-state index is 10.5. The Labute approximate surface area is 61.6 Å². The lowest BCUT2D eigenvalue weighted by Crippen LogP contribution is -2.06. The molecule has 0 aromatic heterocycles. The quantitative estimate of drug-likeness (QED) is 0.546. The van der Waals surface area contributed by atoms with Crippen molar-refractivity contribution in [2.45, 2.75) is 33.1 Å². The first-order valence-corrected chi connectivity index (χ1v) is 3.65. The van der Waals surface area contributed by atoms with Gasteiger partial charge in [0, 0.05) is 12.3 Å². The first-order valence-electron chi connectivity index (χ1n) is 3.65. The van der Waals surface area contributed by atoms with Crippen LogP contribution in [0.4, 0.5) is 0 Å². The number of carbonyl (C=O) groups excluding carboxylic acids is 2. The second-order valence-corrected chi connectivity index (χ2v) is 2.59. The van der Waals surface area contributed by atoms with Crippen LogP contribution in [0, 0.1) is 5.92 Å². The molecule has 0 fully saturated rings. The Hall–Kier alpha value is -0.660. The van der Waals surface area contributed by atoms with Crippen LogP contribution in [0.1, 0.15) is 33.1 Å². The van der Waals surface area contributed by atoms with E-state index in [9.17, 15) is 9.59 Å². The molecule has 10 heavy (non-hydrogen) atoms. The number of rotatable bonds is 5. The molecule has 1 atom stereocenters. The van der Waals surface area contributed by atoms with Gasteiger partial charge in [0.05, 0.1) is 0 Å². The van der Waals surface area contributed by atoms with Crippen LogP contribution in [0.2, 0.25) is 0 Å². The van der Waals surface area contributed by atoms with Crippen molar-refractivity contribution >= 4 is 12.1 Å². The molecule has 0 radical (unpaired) electrons. The molecule has 2 nitrogen and oxygen atoms in total. The number of aldehydes is 1. The molecule has 0 spiro atoms. The zero-order valence-electron chi connectivity index (χ0n) is 6.59. The number of hydrogen-bond acceptors (Lipinski definition) is 2. The summed E-state index contributed by atoms with van der Waals surface area (Å²) in [6.45, 7) is 3.53. The van der Waals surface area contributed by atoms with Crippen molar-refractivity contribution in [3.8, 4) is 0 Å². The van der Waals surface area contributed by atoms with Crippen molar-refractivity contribution in [1.29, 1.82) is 0 Å². The zero-order chi connectivity index (χ0) is 7.98. The molecule has 0 saturated carbocycles. The lowest BCUT2D eigenvalue weighted by Gasteiger charge is -2.03. The van der Waals surface area contributed by atoms with E-state index in [2.05, 4.69) is 0 Å². The van der Waals surface area contributed by atoms with Gasteiger partial charge in [-0.2, -0.15) is 0 Å². The summed E-state index contributed by atoms with van der Waals surface area (Å²) in [7, 11) is 0. The van der Waals surface area contributed by atoms with Crippen LogP contribution in [0.3, 0.4) is 0 Å². The molecule has 0 bridgehead atoms. The predicted molar refractivity (Wildman–Crippen MR) is 39.8 cm³/mol. The zero-order valence-corrected chi connectivity index (χ0v) is 6.59. The number of ketones is 1. The van der Waals surface area contributed by atoms with Crippen LogP contribution in [0.25, 0.3) is 0 Å². The summed E-state index contributed by atoms with van der Waals surface area (Å²) in [6, 6.07) is 0. The van der Waals surface area contributed by atoms with Gasteiger partial charge in [0.15, 0.2) is 0 Å². The van der Waals surface area contributed by atoms with Gasteiger partial charge in [-0.3, -0.25) is 0 Å². The van der Waals surface area contributed by atoms with E-state index in [-0.39, 0.29) is 11.7 Å². The van der Waals surface area contributed by atoms with E-state index in [0.717, 1.165) is 19.1 Å². The lowest BCUT2D eigenvalue weighted by atomic mass is 10.00. The third-order valence-corrected chi connectivity index (χ3v) is 1.40. The Kier molecular flexibility index (Phi) is 4.81. The molecular weight excluding hydrogens is 128 g/mol. The average molecular weight is 142 g/mol. The summed E-state index contributed by atoms with van der Waals surface area (Å²) >= 11 is 0. The Balaban J connectivity index is 3.59. The molecular formula is C8H14O2. The standard InChI is InChI=1S/C8H14O2/c1-3-4-8(6-9)5-7(2)10/h6,8H,3-5H2,1-2H3. The Morgan fingerprint density at radius 1 is 1.60 bits per heavy atom. The molecule has 1 unspecified atom stereocenters. The minimum Gasteiger partial charge on any atom is -0.303 e. The molecule has 0 aliphatic rings. The van der Waals surface area contributed by atoms with Gasteiger partial charge in [-0.25, -0.2) is 0 Å². The van der Waals surface area contributed by atoms with E-state index in [4.69, 9.17) is 0 Å². The van der Waals surface area contributed by atoms with Crippen molar-refractivity contribution in [2.24, 2.45) is 5.92 Å². The highest BCUT2D eigenvalue weighted by molar-refractivity contribution is 5.78. The highest BCUT2D eigenvalue weighted by Gasteiger charge is 2.07. The van der Waals surface area contributed by atoms with E-state index in [1.807, 2.05) is 6.92 Å². The molecule has 58 valence electrons. The van der Waals surface area contributed by atoms with Crippen LogP contribution in [0.5, 0.6) is 0 Å². The van der Waals surface area contributed by atoms with Gasteiger partial charge >= 0.3 is 0 Å². The molecule has 0 aromatic carbocycles. The number of Topliss-reactive ketones (excluding diaryl/α,β-unsaturated/α-hetero) is 1. The molecule has 0 saturated heterocycles. The Bertz CT molecular complexity index is 118. The lowest BCUT2D eigenvalue weighted by molar-refractivity contribution is -0.121. The van der Waals surface area contributed by atoms with Crippen LogP contribution in [-0.2, 0) is 9.59 Å². The molecule has 0 N–H and O–H groups in total. The average Bonchev–Trinajstić information content (AvgIpc) is 1.86. The van der Waals surface area contributed by atoms with E-state index in [1.54, 1.807) is 0 Å². The predicted octanol–water partition coefficient (Wildman–Crippen LogP) is 1.58. The van der Waals surface area contributed by atoms with Gasteiger partial charge in [-0.1, -0.05) is 13.3 Å². The summed E-state index contributed by atoms with van der Waals surface area (Å²) in [6.07, 6.45) is 3.10. The van der Waals surface area contributed by atoms with E-state index in [1.165, 1.54) is 6.92 Å². The van der Waals surface area contributed by atoms with Gasteiger partial charge in [0.2, 0.25) is 0 Å². The van der Waals surface area contributed by atoms with Crippen molar-refractivity contribution in [2.75, 3.05) is 0 Å². The fourth-order valence-corrected chi connectivity index (χ4v) is 0.958. The summed E-state index contributed by atoms with van der Waals surface area (Å²) in [5.74, 6) is 0.0630. The normalized spacial score (nSPS) is 12.6. The van der Waals surface area contributed by atoms with Gasteiger partial charge in [0.25, 0.3) is 0 Å². The number of carbonyl (C=O) groups is 2. The first-order chi connectivity index (χ1) is 4.70. The van der Waals surface area contributed by atoms with Gasteiger partial charge < -0.3 is 9.59 Å². The van der Waals surface area contributed by atoms with Crippen molar-refractivity contribution < 1.29 is 9.59 Å². The molecule has 0 rings (SSSR count). The van der Waals surface area contributed by atoms with Crippen molar-refractivity contribution in [3.05, 3.63) is 0 Å². The van der Waals surface area contributed by atoms with Gasteiger partial charge in [-0.05, 0) is 13.3 Å². The van der Waals surface area contributed by atoms with Crippen LogP contribution in [0.15, 0.2) is 0 Å². The highest BCUT2D eigenvalue weighted by atomic mass is 16.1. The third-order valence-electron chi connectivity index (χ3n) is 1.40. The topological polar surface area (TPSA) is 34.1 Å². The monoisotopic (exact) mass is 142 g/mol. The second-order valence-electron chi connectivity index (χ2n) is 2.59. The minimum atomic E-state index is -0.0394. The summed E-state index contributed by atoms with van der Waals surface area (Å²) in [4.78, 5) is 20.8. The maximum Gasteiger partial charge on any atom is 0.130 e. The first kappa shape index (κ1) is 9.34. The Morgan fingerprint density at radius 3 is 2.50 bits per heavy atom. The molecule has 0 aromatic rings. The summed E-state index contributed by atoms with van der Waals surface area (Å²) in [5.41, 5.74) is 0. The SMILES string of the molecule is CCCC(C=O)CC(C)=O. The highest BCUT2D eigenvalue weighted by Crippen LogP contribution is 2.07. The molecule has 0 amide bonds. The summed E-state index contributed by atoms with van der Waals surface area (Å²) < 4.78 is 0. The fraction of sp³-hybridized carbons (Fsp3) is 0.750. The van der Waals surface area contributed by atoms with Gasteiger partial charge in [-0.15, -0.1) is 0 Å². The van der Waals surface area contributed by atoms with Crippen molar-refractivity contribution in [1.82, 2.24) is 0 Å². The molecule has 2 heteroatoms. The molecule has 0 heterocycles. The Morgan fingerprint density at radius 2 is 2.20 bits per heavy atom. The van der Waals surface area contributed by atoms with Crippen LogP contribution in [-0.4, -0.2) is 12.1 Å². The van der Waals surface area contributed by atoms with Crippen LogP contribution < -0.4 is 0 Å². The number of hydrogen-bond donors (Lipinski definition) is 0. The van der Waals surface area contributed by atoms with E-state index in [0.29, 0.717) is 6.42 Å². The van der Waals surface area contributed by atoms with Crippen LogP contribution >= 0.6 is 0 Å². The fourth-order valence-electron chi connectivity index (χ4n) is 0.958. The molecule has 0 aliphatic carbocycles. The molecule has 0 aliphatic heterocycles. The van der Waals surface area contributed by atoms with E-state index < -0.39 is 0 Å². The summed E-state index contributed by atoms with van der Waals surface area (Å²) in [5, 5.41) is 0. The minimum absolute atomic E-state index is 0.0394. The van der Waals surface area contributed by atoms with Gasteiger partial charge in [0.1, 0.15) is 12.1 Å². The third kappa shape index (κ3) is 4.24. The maximum absolute atomic E-state index is 10.5. The van der Waals surface area contributed by atoms with Crippen molar-refractivity contribution in [3.63, 3.8) is 0 Å². The smallest absolute Gasteiger partial charge is 0.130 e. The second kappa shape index (κ2) is 5.15.